The van der Waals surface area contributed by atoms with Crippen LogP contribution in [0.2, 0.25) is 0 Å². The molecule has 0 bridgehead atoms. The number of hydrogen-bond donors (Lipinski definition) is 1. The highest BCUT2D eigenvalue weighted by Gasteiger charge is 2.24. The van der Waals surface area contributed by atoms with Crippen molar-refractivity contribution in [2.24, 2.45) is 0 Å². The van der Waals surface area contributed by atoms with Gasteiger partial charge in [-0.25, -0.2) is 0 Å². The van der Waals surface area contributed by atoms with Crippen LogP contribution in [0.3, 0.4) is 0 Å². The van der Waals surface area contributed by atoms with E-state index in [1.165, 1.54) is 11.1 Å². The second-order valence-corrected chi connectivity index (χ2v) is 8.73. The number of ether oxygens (including phenoxy) is 2. The predicted octanol–water partition coefficient (Wildman–Crippen LogP) is 5.53. The second-order valence-electron chi connectivity index (χ2n) is 8.73. The van der Waals surface area contributed by atoms with Gasteiger partial charge in [0.1, 0.15) is 23.4 Å². The first-order chi connectivity index (χ1) is 15.2. The molecule has 5 nitrogen and oxygen atoms in total. The van der Waals surface area contributed by atoms with E-state index in [0.717, 1.165) is 68.0 Å². The molecule has 3 aromatic rings. The summed E-state index contributed by atoms with van der Waals surface area (Å²) in [6.07, 6.45) is 6.82. The molecular formula is C26H30N2O3. The van der Waals surface area contributed by atoms with Gasteiger partial charge in [-0.15, -0.1) is 0 Å². The van der Waals surface area contributed by atoms with Crippen LogP contribution in [0.4, 0.5) is 0 Å². The van der Waals surface area contributed by atoms with Crippen molar-refractivity contribution >= 4 is 0 Å². The molecule has 5 heteroatoms. The second kappa shape index (κ2) is 9.15. The SMILES string of the molecule is Cc1cc(CN[C@H]2CC[C@H](Oc3ccc4c(c3)CCC(c3ccccc3)O4)CC2)no1. The van der Waals surface area contributed by atoms with Crippen LogP contribution in [-0.2, 0) is 13.0 Å². The first-order valence-corrected chi connectivity index (χ1v) is 11.4. The van der Waals surface area contributed by atoms with Crippen molar-refractivity contribution in [3.8, 4) is 11.5 Å². The quantitative estimate of drug-likeness (QED) is 0.570. The van der Waals surface area contributed by atoms with Crippen LogP contribution in [0, 0.1) is 6.92 Å². The molecule has 1 atom stereocenters. The molecule has 1 aromatic heterocycles. The zero-order valence-corrected chi connectivity index (χ0v) is 18.0. The van der Waals surface area contributed by atoms with Gasteiger partial charge < -0.3 is 19.3 Å². The smallest absolute Gasteiger partial charge is 0.133 e. The minimum absolute atomic E-state index is 0.143. The molecule has 0 amide bonds. The van der Waals surface area contributed by atoms with Crippen molar-refractivity contribution in [3.05, 3.63) is 77.2 Å². The summed E-state index contributed by atoms with van der Waals surface area (Å²) in [5.41, 5.74) is 3.47. The van der Waals surface area contributed by atoms with Gasteiger partial charge in [0, 0.05) is 18.7 Å². The van der Waals surface area contributed by atoms with E-state index in [0.29, 0.717) is 6.04 Å². The highest BCUT2D eigenvalue weighted by molar-refractivity contribution is 5.42. The molecule has 0 saturated heterocycles. The molecular weight excluding hydrogens is 388 g/mol. The summed E-state index contributed by atoms with van der Waals surface area (Å²) in [5.74, 6) is 2.82. The van der Waals surface area contributed by atoms with Crippen molar-refractivity contribution in [1.82, 2.24) is 10.5 Å². The first-order valence-electron chi connectivity index (χ1n) is 11.4. The lowest BCUT2D eigenvalue weighted by atomic mass is 9.92. The molecule has 0 radical (unpaired) electrons. The molecule has 2 aromatic carbocycles. The number of rotatable bonds is 6. The van der Waals surface area contributed by atoms with Crippen LogP contribution < -0.4 is 14.8 Å². The van der Waals surface area contributed by atoms with Crippen LogP contribution in [0.25, 0.3) is 0 Å². The molecule has 0 spiro atoms. The van der Waals surface area contributed by atoms with E-state index in [1.54, 1.807) is 0 Å². The lowest BCUT2D eigenvalue weighted by molar-refractivity contribution is 0.138. The molecule has 1 unspecified atom stereocenters. The Kier molecular flexibility index (Phi) is 5.94. The molecule has 1 fully saturated rings. The fourth-order valence-corrected chi connectivity index (χ4v) is 4.67. The van der Waals surface area contributed by atoms with Crippen LogP contribution in [0.5, 0.6) is 11.5 Å². The topological polar surface area (TPSA) is 56.5 Å². The fraction of sp³-hybridized carbons (Fsp3) is 0.423. The zero-order chi connectivity index (χ0) is 21.0. The van der Waals surface area contributed by atoms with Gasteiger partial charge in [0.2, 0.25) is 0 Å². The summed E-state index contributed by atoms with van der Waals surface area (Å²) < 4.78 is 17.7. The van der Waals surface area contributed by atoms with Gasteiger partial charge in [0.05, 0.1) is 11.8 Å². The minimum atomic E-state index is 0.143. The number of aryl methyl sites for hydroxylation is 2. The lowest BCUT2D eigenvalue weighted by Gasteiger charge is -2.30. The molecule has 5 rings (SSSR count). The first kappa shape index (κ1) is 20.1. The van der Waals surface area contributed by atoms with Gasteiger partial charge in [-0.2, -0.15) is 0 Å². The standard InChI is InChI=1S/C26H30N2O3/c1-18-15-22(28-31-18)17-27-21-8-10-23(11-9-21)29-24-12-14-26-20(16-24)7-13-25(30-26)19-5-3-2-4-6-19/h2-6,12,14-16,21,23,25,27H,7-11,13,17H2,1H3/t21-,23-,25?. The summed E-state index contributed by atoms with van der Waals surface area (Å²) >= 11 is 0. The van der Waals surface area contributed by atoms with Crippen molar-refractivity contribution < 1.29 is 14.0 Å². The molecule has 1 aliphatic carbocycles. The van der Waals surface area contributed by atoms with E-state index in [9.17, 15) is 0 Å². The van der Waals surface area contributed by atoms with Crippen LogP contribution in [0.15, 0.2) is 59.1 Å². The molecule has 2 heterocycles. The summed E-state index contributed by atoms with van der Waals surface area (Å²) in [6, 6.07) is 19.3. The van der Waals surface area contributed by atoms with E-state index >= 15 is 0 Å². The van der Waals surface area contributed by atoms with Gasteiger partial charge in [-0.05, 0) is 74.8 Å². The third-order valence-corrected chi connectivity index (χ3v) is 6.37. The Hall–Kier alpha value is -2.79. The molecule has 31 heavy (non-hydrogen) atoms. The molecule has 1 aliphatic heterocycles. The third-order valence-electron chi connectivity index (χ3n) is 6.37. The molecule has 1 N–H and O–H groups in total. The van der Waals surface area contributed by atoms with Gasteiger partial charge in [0.25, 0.3) is 0 Å². The van der Waals surface area contributed by atoms with Gasteiger partial charge >= 0.3 is 0 Å². The molecule has 162 valence electrons. The zero-order valence-electron chi connectivity index (χ0n) is 18.0. The summed E-state index contributed by atoms with van der Waals surface area (Å²) in [6.45, 7) is 2.69. The van der Waals surface area contributed by atoms with Crippen molar-refractivity contribution in [2.75, 3.05) is 0 Å². The van der Waals surface area contributed by atoms with E-state index < -0.39 is 0 Å². The van der Waals surface area contributed by atoms with Gasteiger partial charge in [0.15, 0.2) is 0 Å². The van der Waals surface area contributed by atoms with E-state index in [4.69, 9.17) is 14.0 Å². The molecule has 2 aliphatic rings. The largest absolute Gasteiger partial charge is 0.490 e. The monoisotopic (exact) mass is 418 g/mol. The van der Waals surface area contributed by atoms with E-state index in [1.807, 2.05) is 19.1 Å². The number of nitrogens with zero attached hydrogens (tertiary/aromatic N) is 1. The average molecular weight is 419 g/mol. The Balaban J connectivity index is 1.12. The Labute approximate surface area is 183 Å². The highest BCUT2D eigenvalue weighted by atomic mass is 16.5. The van der Waals surface area contributed by atoms with Crippen LogP contribution >= 0.6 is 0 Å². The minimum Gasteiger partial charge on any atom is -0.490 e. The summed E-state index contributed by atoms with van der Waals surface area (Å²) in [5, 5.41) is 7.66. The van der Waals surface area contributed by atoms with Crippen LogP contribution in [-0.4, -0.2) is 17.3 Å². The predicted molar refractivity (Wildman–Crippen MR) is 119 cm³/mol. The number of benzene rings is 2. The van der Waals surface area contributed by atoms with Gasteiger partial charge in [-0.1, -0.05) is 35.5 Å². The summed E-state index contributed by atoms with van der Waals surface area (Å²) in [4.78, 5) is 0. The fourth-order valence-electron chi connectivity index (χ4n) is 4.67. The maximum Gasteiger partial charge on any atom is 0.133 e. The maximum absolute atomic E-state index is 6.34. The Morgan fingerprint density at radius 2 is 1.84 bits per heavy atom. The normalized spacial score (nSPS) is 23.1. The van der Waals surface area contributed by atoms with Crippen molar-refractivity contribution in [3.63, 3.8) is 0 Å². The van der Waals surface area contributed by atoms with Crippen molar-refractivity contribution in [2.45, 2.75) is 70.2 Å². The Bertz CT molecular complexity index is 993. The highest BCUT2D eigenvalue weighted by Crippen LogP contribution is 2.37. The maximum atomic E-state index is 6.34. The lowest BCUT2D eigenvalue weighted by Crippen LogP contribution is -2.36. The van der Waals surface area contributed by atoms with E-state index in [2.05, 4.69) is 52.9 Å². The van der Waals surface area contributed by atoms with Crippen LogP contribution in [0.1, 0.15) is 60.8 Å². The number of nitrogens with one attached hydrogen (secondary N) is 1. The van der Waals surface area contributed by atoms with Gasteiger partial charge in [-0.3, -0.25) is 0 Å². The third kappa shape index (κ3) is 4.93. The average Bonchev–Trinajstić information content (AvgIpc) is 3.24. The van der Waals surface area contributed by atoms with Crippen molar-refractivity contribution in [1.29, 1.82) is 0 Å². The number of aromatic nitrogens is 1. The molecule has 1 saturated carbocycles. The number of hydrogen-bond acceptors (Lipinski definition) is 5. The Morgan fingerprint density at radius 1 is 1.00 bits per heavy atom. The Morgan fingerprint density at radius 3 is 2.61 bits per heavy atom. The number of fused-ring (bicyclic) bond motifs is 1. The van der Waals surface area contributed by atoms with E-state index in [-0.39, 0.29) is 12.2 Å². The summed E-state index contributed by atoms with van der Waals surface area (Å²) in [7, 11) is 0.